The van der Waals surface area contributed by atoms with Gasteiger partial charge in [-0.2, -0.15) is 0 Å². The van der Waals surface area contributed by atoms with E-state index in [0.717, 1.165) is 0 Å². The Hall–Kier alpha value is -2.86. The minimum Gasteiger partial charge on any atom is -0.0686 e. The molecular formula is C34H46. The zero-order valence-electron chi connectivity index (χ0n) is 23.3. The van der Waals surface area contributed by atoms with Gasteiger partial charge in [0.2, 0.25) is 0 Å². The van der Waals surface area contributed by atoms with E-state index in [1.165, 1.54) is 57.0 Å². The van der Waals surface area contributed by atoms with Crippen molar-refractivity contribution in [2.24, 2.45) is 0 Å². The highest BCUT2D eigenvalue weighted by Gasteiger charge is 2.16. The van der Waals surface area contributed by atoms with E-state index in [4.69, 9.17) is 0 Å². The number of rotatable bonds is 0. The van der Waals surface area contributed by atoms with Gasteiger partial charge in [0, 0.05) is 0 Å². The normalized spacial score (nSPS) is 13.0. The Bertz CT molecular complexity index is 1030. The minimum atomic E-state index is 1.20. The molecule has 3 aromatic rings. The molecule has 3 aromatic carbocycles. The third kappa shape index (κ3) is 8.82. The van der Waals surface area contributed by atoms with Crippen LogP contribution in [0.4, 0.5) is 0 Å². The summed E-state index contributed by atoms with van der Waals surface area (Å²) < 4.78 is 0. The quantitative estimate of drug-likeness (QED) is 0.317. The van der Waals surface area contributed by atoms with Crippen molar-refractivity contribution in [3.8, 4) is 0 Å². The number of hydrogen-bond acceptors (Lipinski definition) is 0. The average Bonchev–Trinajstić information content (AvgIpc) is 3.37. The standard InChI is InChI=1S/C12H12.C10H12.C8H10.2C2H6/c1-9-7-8-10(2)12-6-4-3-5-11(9)12;1-7-3-9-5-8(2)6-10(9)4-7;1-7-3-5-8(2)6-4-7;2*1-2/h3-8H,1-2H3;3,6H,4-5H2,1-2H3;3-6H,1-2H3;2*1-2H3. The van der Waals surface area contributed by atoms with Crippen molar-refractivity contribution in [1.29, 1.82) is 0 Å². The summed E-state index contributed by atoms with van der Waals surface area (Å²) in [6.45, 7) is 20.9. The second-order valence-electron chi connectivity index (χ2n) is 8.79. The van der Waals surface area contributed by atoms with E-state index in [-0.39, 0.29) is 0 Å². The predicted octanol–water partition coefficient (Wildman–Crippen LogP) is 10.8. The molecule has 182 valence electrons. The minimum absolute atomic E-state index is 1.20. The Morgan fingerprint density at radius 1 is 0.441 bits per heavy atom. The van der Waals surface area contributed by atoms with Crippen LogP contribution in [-0.2, 0) is 0 Å². The molecule has 0 heterocycles. The number of aryl methyl sites for hydroxylation is 4. The lowest BCUT2D eigenvalue weighted by molar-refractivity contribution is 1.18. The third-order valence-corrected chi connectivity index (χ3v) is 5.77. The molecule has 34 heavy (non-hydrogen) atoms. The predicted molar refractivity (Wildman–Crippen MR) is 156 cm³/mol. The highest BCUT2D eigenvalue weighted by atomic mass is 14.2. The molecule has 5 rings (SSSR count). The van der Waals surface area contributed by atoms with E-state index < -0.39 is 0 Å². The number of allylic oxidation sites excluding steroid dienone is 6. The first kappa shape index (κ1) is 29.2. The van der Waals surface area contributed by atoms with E-state index in [1.54, 1.807) is 11.1 Å². The van der Waals surface area contributed by atoms with Crippen LogP contribution < -0.4 is 0 Å². The summed E-state index contributed by atoms with van der Waals surface area (Å²) in [5.74, 6) is 0. The van der Waals surface area contributed by atoms with E-state index in [0.29, 0.717) is 0 Å². The van der Waals surface area contributed by atoms with Gasteiger partial charge < -0.3 is 0 Å². The van der Waals surface area contributed by atoms with Crippen LogP contribution in [-0.4, -0.2) is 0 Å². The van der Waals surface area contributed by atoms with Crippen LogP contribution in [0.3, 0.4) is 0 Å². The van der Waals surface area contributed by atoms with Gasteiger partial charge >= 0.3 is 0 Å². The monoisotopic (exact) mass is 454 g/mol. The van der Waals surface area contributed by atoms with Crippen LogP contribution in [0.1, 0.15) is 76.6 Å². The maximum absolute atomic E-state index is 2.34. The van der Waals surface area contributed by atoms with Crippen molar-refractivity contribution in [1.82, 2.24) is 0 Å². The lowest BCUT2D eigenvalue weighted by Crippen LogP contribution is -1.80. The molecule has 0 nitrogen and oxygen atoms in total. The smallest absolute Gasteiger partial charge is 0.00638 e. The summed E-state index contributed by atoms with van der Waals surface area (Å²) in [6.07, 6.45) is 7.07. The fourth-order valence-electron chi connectivity index (χ4n) is 4.05. The molecule has 0 unspecified atom stereocenters. The summed E-state index contributed by atoms with van der Waals surface area (Å²) in [7, 11) is 0. The molecule has 0 aromatic heterocycles. The van der Waals surface area contributed by atoms with Crippen molar-refractivity contribution in [3.05, 3.63) is 117 Å². The van der Waals surface area contributed by atoms with Gasteiger partial charge in [0.1, 0.15) is 0 Å². The van der Waals surface area contributed by atoms with Crippen LogP contribution >= 0.6 is 0 Å². The number of hydrogen-bond donors (Lipinski definition) is 0. The lowest BCUT2D eigenvalue weighted by Gasteiger charge is -2.03. The summed E-state index contributed by atoms with van der Waals surface area (Å²) >= 11 is 0. The first-order valence-electron chi connectivity index (χ1n) is 12.9. The molecule has 0 aliphatic heterocycles. The molecule has 0 bridgehead atoms. The molecule has 0 saturated heterocycles. The molecular weight excluding hydrogens is 408 g/mol. The molecule has 0 radical (unpaired) electrons. The van der Waals surface area contributed by atoms with E-state index in [2.05, 4.69) is 114 Å². The van der Waals surface area contributed by atoms with E-state index >= 15 is 0 Å². The largest absolute Gasteiger partial charge is 0.0686 e. The molecule has 0 amide bonds. The van der Waals surface area contributed by atoms with Crippen molar-refractivity contribution >= 4 is 10.8 Å². The highest BCUT2D eigenvalue weighted by Crippen LogP contribution is 2.35. The summed E-state index contributed by atoms with van der Waals surface area (Å²) in [5.41, 5.74) is 11.5. The van der Waals surface area contributed by atoms with Crippen LogP contribution in [0.25, 0.3) is 10.8 Å². The molecule has 0 atom stereocenters. The molecule has 2 aliphatic rings. The fraction of sp³-hybridized carbons (Fsp3) is 0.353. The Morgan fingerprint density at radius 3 is 1.09 bits per heavy atom. The molecule has 0 saturated carbocycles. The average molecular weight is 455 g/mol. The second-order valence-corrected chi connectivity index (χ2v) is 8.79. The third-order valence-electron chi connectivity index (χ3n) is 5.77. The zero-order valence-corrected chi connectivity index (χ0v) is 23.3. The summed E-state index contributed by atoms with van der Waals surface area (Å²) in [4.78, 5) is 0. The van der Waals surface area contributed by atoms with Crippen molar-refractivity contribution < 1.29 is 0 Å². The highest BCUT2D eigenvalue weighted by molar-refractivity contribution is 5.88. The van der Waals surface area contributed by atoms with E-state index in [9.17, 15) is 0 Å². The van der Waals surface area contributed by atoms with Crippen molar-refractivity contribution in [2.75, 3.05) is 0 Å². The molecule has 2 aliphatic carbocycles. The van der Waals surface area contributed by atoms with Crippen molar-refractivity contribution in [3.63, 3.8) is 0 Å². The second kappa shape index (κ2) is 15.1. The van der Waals surface area contributed by atoms with Gasteiger partial charge in [-0.05, 0) is 87.4 Å². The Morgan fingerprint density at radius 2 is 0.765 bits per heavy atom. The molecule has 0 heteroatoms. The van der Waals surface area contributed by atoms with Crippen LogP contribution in [0.5, 0.6) is 0 Å². The van der Waals surface area contributed by atoms with Gasteiger partial charge in [-0.15, -0.1) is 0 Å². The van der Waals surface area contributed by atoms with E-state index in [1.807, 2.05) is 27.7 Å². The van der Waals surface area contributed by atoms with Crippen LogP contribution in [0.15, 0.2) is 95.1 Å². The number of fused-ring (bicyclic) bond motifs is 1. The molecule has 0 N–H and O–H groups in total. The maximum Gasteiger partial charge on any atom is -0.00638 e. The van der Waals surface area contributed by atoms with Crippen LogP contribution in [0.2, 0.25) is 0 Å². The van der Waals surface area contributed by atoms with Gasteiger partial charge in [-0.3, -0.25) is 0 Å². The fourth-order valence-corrected chi connectivity index (χ4v) is 4.05. The van der Waals surface area contributed by atoms with Gasteiger partial charge in [0.25, 0.3) is 0 Å². The maximum atomic E-state index is 2.34. The van der Waals surface area contributed by atoms with Crippen molar-refractivity contribution in [2.45, 2.75) is 82.1 Å². The van der Waals surface area contributed by atoms with Crippen LogP contribution in [0, 0.1) is 27.7 Å². The summed E-state index contributed by atoms with van der Waals surface area (Å²) in [5, 5.41) is 2.75. The Labute approximate surface area is 210 Å². The molecule has 0 fully saturated rings. The first-order valence-corrected chi connectivity index (χ1v) is 12.9. The molecule has 0 spiro atoms. The Kier molecular flexibility index (Phi) is 13.0. The Balaban J connectivity index is 0.000000241. The van der Waals surface area contributed by atoms with Gasteiger partial charge in [0.05, 0.1) is 0 Å². The van der Waals surface area contributed by atoms with Gasteiger partial charge in [-0.1, -0.05) is 123 Å². The SMILES string of the molecule is CC.CC.CC1=CC2=C(C=C(C)C2)C1.Cc1ccc(C)c2ccccc12.Cc1ccc(C)cc1. The topological polar surface area (TPSA) is 0 Å². The number of benzene rings is 3. The van der Waals surface area contributed by atoms with Gasteiger partial charge in [-0.25, -0.2) is 0 Å². The zero-order chi connectivity index (χ0) is 25.7. The van der Waals surface area contributed by atoms with Gasteiger partial charge in [0.15, 0.2) is 0 Å². The lowest BCUT2D eigenvalue weighted by atomic mass is 10.0. The summed E-state index contributed by atoms with van der Waals surface area (Å²) in [6, 6.07) is 21.4. The first-order chi connectivity index (χ1) is 16.3.